The summed E-state index contributed by atoms with van der Waals surface area (Å²) in [7, 11) is 0. The minimum absolute atomic E-state index is 0.124. The van der Waals surface area contributed by atoms with E-state index in [-0.39, 0.29) is 29.7 Å². The molecule has 1 aliphatic heterocycles. The first kappa shape index (κ1) is 24.7. The SMILES string of the molecule is CC(=O)c1nn(CC(=O)N(C(=O)[C@@H]2C[C@H]3C[C@H]3N2)c2cncc(Br)n2)c2ccc(-c3cnc4ccnn4c3)cc12. The molecule has 2 aliphatic rings. The van der Waals surface area contributed by atoms with Crippen LogP contribution in [-0.4, -0.2) is 64.0 Å². The fourth-order valence-corrected chi connectivity index (χ4v) is 5.67. The third-order valence-electron chi connectivity index (χ3n) is 7.41. The zero-order chi connectivity index (χ0) is 27.5. The van der Waals surface area contributed by atoms with Gasteiger partial charge in [0, 0.05) is 42.4 Å². The first-order valence-corrected chi connectivity index (χ1v) is 13.6. The van der Waals surface area contributed by atoms with E-state index < -0.39 is 11.9 Å². The summed E-state index contributed by atoms with van der Waals surface area (Å²) < 4.78 is 3.53. The molecule has 3 atom stereocenters. The van der Waals surface area contributed by atoms with Crippen LogP contribution in [0.5, 0.6) is 0 Å². The second-order valence-electron chi connectivity index (χ2n) is 10.1. The normalized spacial score (nSPS) is 19.6. The Morgan fingerprint density at radius 1 is 1.12 bits per heavy atom. The molecule has 200 valence electrons. The maximum atomic E-state index is 13.8. The molecule has 1 saturated carbocycles. The Balaban J connectivity index is 1.25. The summed E-state index contributed by atoms with van der Waals surface area (Å²) in [6, 6.07) is 7.19. The number of benzene rings is 1. The predicted molar refractivity (Wildman–Crippen MR) is 147 cm³/mol. The number of hydrogen-bond acceptors (Lipinski definition) is 9. The molecule has 40 heavy (non-hydrogen) atoms. The molecule has 1 aliphatic carbocycles. The summed E-state index contributed by atoms with van der Waals surface area (Å²) >= 11 is 3.28. The molecule has 0 radical (unpaired) electrons. The van der Waals surface area contributed by atoms with E-state index in [1.165, 1.54) is 24.0 Å². The van der Waals surface area contributed by atoms with E-state index in [2.05, 4.69) is 46.4 Å². The summed E-state index contributed by atoms with van der Waals surface area (Å²) in [5.41, 5.74) is 3.17. The number of aromatic nitrogens is 7. The van der Waals surface area contributed by atoms with Crippen molar-refractivity contribution in [3.63, 3.8) is 0 Å². The Labute approximate surface area is 235 Å². The minimum atomic E-state index is -0.531. The molecule has 0 unspecified atom stereocenters. The van der Waals surface area contributed by atoms with Gasteiger partial charge in [-0.25, -0.2) is 19.4 Å². The van der Waals surface area contributed by atoms with E-state index >= 15 is 0 Å². The zero-order valence-corrected chi connectivity index (χ0v) is 22.8. The highest BCUT2D eigenvalue weighted by Gasteiger charge is 2.49. The summed E-state index contributed by atoms with van der Waals surface area (Å²) in [5.74, 6) is -0.563. The molecule has 2 amide bonds. The molecule has 0 spiro atoms. The highest BCUT2D eigenvalue weighted by molar-refractivity contribution is 9.10. The van der Waals surface area contributed by atoms with Crippen LogP contribution in [0.1, 0.15) is 30.3 Å². The molecule has 1 N–H and O–H groups in total. The highest BCUT2D eigenvalue weighted by Crippen LogP contribution is 2.41. The largest absolute Gasteiger partial charge is 0.303 e. The maximum absolute atomic E-state index is 13.8. The number of amides is 2. The van der Waals surface area contributed by atoms with Crippen molar-refractivity contribution < 1.29 is 14.4 Å². The lowest BCUT2D eigenvalue weighted by atomic mass is 10.0. The number of imide groups is 1. The number of fused-ring (bicyclic) bond motifs is 3. The van der Waals surface area contributed by atoms with Crippen molar-refractivity contribution in [1.82, 2.24) is 39.7 Å². The molecule has 1 aromatic carbocycles. The van der Waals surface area contributed by atoms with Crippen molar-refractivity contribution in [3.05, 3.63) is 65.5 Å². The van der Waals surface area contributed by atoms with Gasteiger partial charge in [-0.05, 0) is 52.4 Å². The van der Waals surface area contributed by atoms with Gasteiger partial charge in [0.2, 0.25) is 0 Å². The fraction of sp³-hybridized carbons (Fsp3) is 0.259. The Morgan fingerprint density at radius 3 is 2.77 bits per heavy atom. The Bertz CT molecular complexity index is 1840. The summed E-state index contributed by atoms with van der Waals surface area (Å²) in [6.07, 6.45) is 9.86. The molecule has 5 aromatic rings. The Hall–Kier alpha value is -4.36. The van der Waals surface area contributed by atoms with Gasteiger partial charge in [0.15, 0.2) is 17.2 Å². The fourth-order valence-electron chi connectivity index (χ4n) is 5.37. The lowest BCUT2D eigenvalue weighted by Gasteiger charge is -2.24. The van der Waals surface area contributed by atoms with Crippen molar-refractivity contribution in [3.8, 4) is 11.1 Å². The van der Waals surface area contributed by atoms with Gasteiger partial charge in [-0.1, -0.05) is 6.07 Å². The van der Waals surface area contributed by atoms with Crippen LogP contribution in [0.3, 0.4) is 0 Å². The van der Waals surface area contributed by atoms with Crippen molar-refractivity contribution in [2.75, 3.05) is 4.90 Å². The number of halogens is 1. The molecule has 5 heterocycles. The van der Waals surface area contributed by atoms with E-state index in [0.717, 1.165) is 28.1 Å². The van der Waals surface area contributed by atoms with E-state index in [4.69, 9.17) is 0 Å². The first-order chi connectivity index (χ1) is 19.4. The smallest absolute Gasteiger partial charge is 0.256 e. The molecule has 2 fully saturated rings. The lowest BCUT2D eigenvalue weighted by molar-refractivity contribution is -0.128. The van der Waals surface area contributed by atoms with Gasteiger partial charge in [0.25, 0.3) is 11.8 Å². The monoisotopic (exact) mass is 599 g/mol. The van der Waals surface area contributed by atoms with Crippen LogP contribution in [0, 0.1) is 5.92 Å². The molecular weight excluding hydrogens is 578 g/mol. The summed E-state index contributed by atoms with van der Waals surface area (Å²) in [6.45, 7) is 1.16. The summed E-state index contributed by atoms with van der Waals surface area (Å²) in [4.78, 5) is 53.8. The highest BCUT2D eigenvalue weighted by atomic mass is 79.9. The van der Waals surface area contributed by atoms with E-state index in [0.29, 0.717) is 33.9 Å². The molecular formula is C27H22BrN9O3. The van der Waals surface area contributed by atoms with Crippen molar-refractivity contribution in [1.29, 1.82) is 0 Å². The van der Waals surface area contributed by atoms with E-state index in [1.54, 1.807) is 23.0 Å². The number of Topliss-reactive ketones (excluding diaryl/α,β-unsaturated/α-hetero) is 1. The quantitative estimate of drug-likeness (QED) is 0.292. The van der Waals surface area contributed by atoms with Gasteiger partial charge in [-0.2, -0.15) is 10.2 Å². The van der Waals surface area contributed by atoms with Crippen LogP contribution in [0.25, 0.3) is 27.7 Å². The first-order valence-electron chi connectivity index (χ1n) is 12.8. The number of ketones is 1. The van der Waals surface area contributed by atoms with Crippen LogP contribution in [-0.2, 0) is 16.1 Å². The van der Waals surface area contributed by atoms with Crippen LogP contribution in [0.4, 0.5) is 5.82 Å². The molecule has 1 saturated heterocycles. The standard InChI is InChI=1S/C27H22BrN9O3/c1-14(38)26-18-6-15(17-9-30-23-4-5-31-36(23)12-17)2-3-21(18)35(34-26)13-25(39)37(24-11-29-10-22(28)33-24)27(40)20-8-16-7-19(16)32-20/h2-6,9-12,16,19-20,32H,7-8,13H2,1H3/t16-,19-,20+/m1/s1. The number of anilines is 1. The average Bonchev–Trinajstić information content (AvgIpc) is 3.27. The van der Waals surface area contributed by atoms with Crippen LogP contribution in [0.15, 0.2) is 59.9 Å². The van der Waals surface area contributed by atoms with Crippen LogP contribution in [0.2, 0.25) is 0 Å². The second-order valence-corrected chi connectivity index (χ2v) is 10.9. The Morgan fingerprint density at radius 2 is 2.00 bits per heavy atom. The predicted octanol–water partition coefficient (Wildman–Crippen LogP) is 2.81. The van der Waals surface area contributed by atoms with Gasteiger partial charge < -0.3 is 5.32 Å². The molecule has 13 heteroatoms. The van der Waals surface area contributed by atoms with Gasteiger partial charge >= 0.3 is 0 Å². The lowest BCUT2D eigenvalue weighted by Crippen LogP contribution is -2.49. The number of nitrogens with zero attached hydrogens (tertiary/aromatic N) is 8. The number of piperidine rings is 1. The van der Waals surface area contributed by atoms with Gasteiger partial charge in [-0.15, -0.1) is 0 Å². The van der Waals surface area contributed by atoms with E-state index in [1.807, 2.05) is 24.4 Å². The molecule has 4 aromatic heterocycles. The van der Waals surface area contributed by atoms with Gasteiger partial charge in [-0.3, -0.25) is 24.0 Å². The molecule has 12 nitrogen and oxygen atoms in total. The second kappa shape index (κ2) is 9.38. The third kappa shape index (κ3) is 4.27. The minimum Gasteiger partial charge on any atom is -0.303 e. The number of nitrogens with one attached hydrogen (secondary N) is 1. The van der Waals surface area contributed by atoms with E-state index in [9.17, 15) is 14.4 Å². The number of rotatable bonds is 6. The van der Waals surface area contributed by atoms with Gasteiger partial charge in [0.05, 0.1) is 30.1 Å². The molecule has 7 rings (SSSR count). The van der Waals surface area contributed by atoms with Crippen molar-refractivity contribution in [2.45, 2.75) is 38.4 Å². The third-order valence-corrected chi connectivity index (χ3v) is 7.80. The van der Waals surface area contributed by atoms with Crippen LogP contribution >= 0.6 is 15.9 Å². The van der Waals surface area contributed by atoms with Crippen molar-refractivity contribution >= 4 is 55.9 Å². The number of hydrogen-bond donors (Lipinski definition) is 1. The topological polar surface area (TPSA) is 140 Å². The number of carbonyl (C=O) groups excluding carboxylic acids is 3. The van der Waals surface area contributed by atoms with Crippen molar-refractivity contribution in [2.24, 2.45) is 5.92 Å². The Kier molecular flexibility index (Phi) is 5.78. The number of carbonyl (C=O) groups is 3. The molecule has 0 bridgehead atoms. The summed E-state index contributed by atoms with van der Waals surface area (Å²) in [5, 5.41) is 12.6. The van der Waals surface area contributed by atoms with Gasteiger partial charge in [0.1, 0.15) is 16.8 Å². The maximum Gasteiger partial charge on any atom is 0.256 e. The zero-order valence-electron chi connectivity index (χ0n) is 21.2. The average molecular weight is 600 g/mol. The van der Waals surface area contributed by atoms with Crippen LogP contribution < -0.4 is 10.2 Å².